The Morgan fingerprint density at radius 1 is 1.07 bits per heavy atom. The van der Waals surface area contributed by atoms with Crippen molar-refractivity contribution in [3.8, 4) is 0 Å². The fourth-order valence-electron chi connectivity index (χ4n) is 6.05. The average Bonchev–Trinajstić information content (AvgIpc) is 3.70. The van der Waals surface area contributed by atoms with Gasteiger partial charge in [0.05, 0.1) is 16.2 Å². The van der Waals surface area contributed by atoms with Gasteiger partial charge in [-0.3, -0.25) is 9.59 Å². The van der Waals surface area contributed by atoms with Crippen LogP contribution in [0.15, 0.2) is 48.5 Å². The zero-order valence-corrected chi connectivity index (χ0v) is 28.0. The van der Waals surface area contributed by atoms with Gasteiger partial charge in [-0.15, -0.1) is 0 Å². The van der Waals surface area contributed by atoms with Crippen LogP contribution in [-0.4, -0.2) is 74.6 Å². The molecular formula is C32H44Cl2N4O4S. The van der Waals surface area contributed by atoms with E-state index in [4.69, 9.17) is 23.2 Å². The molecule has 2 fully saturated rings. The maximum atomic E-state index is 14.7. The van der Waals surface area contributed by atoms with Crippen molar-refractivity contribution in [2.24, 2.45) is 5.41 Å². The third kappa shape index (κ3) is 7.74. The minimum absolute atomic E-state index is 0.0143. The lowest BCUT2D eigenvalue weighted by molar-refractivity contribution is -0.157. The van der Waals surface area contributed by atoms with Crippen molar-refractivity contribution >= 4 is 45.0 Å². The number of nitrogens with zero attached hydrogens (tertiary/aromatic N) is 2. The molecule has 2 aromatic rings. The summed E-state index contributed by atoms with van der Waals surface area (Å²) in [6, 6.07) is 14.2. The second-order valence-corrected chi connectivity index (χ2v) is 16.0. The van der Waals surface area contributed by atoms with E-state index in [0.717, 1.165) is 11.1 Å². The van der Waals surface area contributed by atoms with E-state index in [1.807, 2.05) is 74.1 Å². The minimum Gasteiger partial charge on any atom is -0.355 e. The molecule has 4 atom stereocenters. The van der Waals surface area contributed by atoms with E-state index in [-0.39, 0.29) is 30.7 Å². The van der Waals surface area contributed by atoms with Crippen LogP contribution >= 0.6 is 23.2 Å². The molecule has 1 heterocycles. The van der Waals surface area contributed by atoms with Crippen molar-refractivity contribution in [1.82, 2.24) is 19.8 Å². The molecule has 43 heavy (non-hydrogen) atoms. The van der Waals surface area contributed by atoms with Crippen molar-refractivity contribution in [3.63, 3.8) is 0 Å². The maximum Gasteiger partial charge on any atom is 0.229 e. The van der Waals surface area contributed by atoms with Crippen LogP contribution in [0.25, 0.3) is 0 Å². The summed E-state index contributed by atoms with van der Waals surface area (Å²) in [5, 5.41) is 4.13. The van der Waals surface area contributed by atoms with Gasteiger partial charge in [-0.1, -0.05) is 61.3 Å². The first-order chi connectivity index (χ1) is 20.2. The number of carbonyl (C=O) groups excluding carboxylic acids is 2. The summed E-state index contributed by atoms with van der Waals surface area (Å²) in [4.78, 5) is 31.7. The quantitative estimate of drug-likeness (QED) is 0.304. The number of hydrogen-bond acceptors (Lipinski definition) is 5. The fourth-order valence-corrected chi connectivity index (χ4v) is 7.77. The molecule has 1 saturated heterocycles. The lowest BCUT2D eigenvalue weighted by Crippen LogP contribution is -2.58. The first-order valence-corrected chi connectivity index (χ1v) is 17.2. The van der Waals surface area contributed by atoms with Crippen LogP contribution in [0.3, 0.4) is 0 Å². The summed E-state index contributed by atoms with van der Waals surface area (Å²) >= 11 is 12.7. The Morgan fingerprint density at radius 2 is 1.74 bits per heavy atom. The second-order valence-electron chi connectivity index (χ2n) is 12.8. The van der Waals surface area contributed by atoms with Crippen LogP contribution in [0, 0.1) is 5.41 Å². The molecule has 0 spiro atoms. The topological polar surface area (TPSA) is 98.8 Å². The molecule has 4 rings (SSSR count). The third-order valence-electron chi connectivity index (χ3n) is 9.00. The van der Waals surface area contributed by atoms with Crippen LogP contribution < -0.4 is 10.0 Å². The van der Waals surface area contributed by atoms with E-state index in [1.54, 1.807) is 19.1 Å². The summed E-state index contributed by atoms with van der Waals surface area (Å²) in [6.07, 6.45) is 2.18. The number of halogens is 2. The minimum atomic E-state index is -3.56. The van der Waals surface area contributed by atoms with Gasteiger partial charge in [-0.05, 0) is 82.1 Å². The van der Waals surface area contributed by atoms with Crippen LogP contribution in [0.5, 0.6) is 0 Å². The number of nitrogens with one attached hydrogen (secondary N) is 2. The Hall–Kier alpha value is -2.17. The number of benzene rings is 2. The Kier molecular flexibility index (Phi) is 10.5. The highest BCUT2D eigenvalue weighted by atomic mass is 35.5. The molecule has 2 aromatic carbocycles. The van der Waals surface area contributed by atoms with E-state index >= 15 is 0 Å². The van der Waals surface area contributed by atoms with E-state index in [2.05, 4.69) is 10.0 Å². The summed E-state index contributed by atoms with van der Waals surface area (Å²) in [5.41, 5.74) is 0.799. The van der Waals surface area contributed by atoms with Crippen LogP contribution in [0.1, 0.15) is 76.0 Å². The van der Waals surface area contributed by atoms with Crippen LogP contribution in [-0.2, 0) is 19.6 Å². The van der Waals surface area contributed by atoms with Crippen molar-refractivity contribution < 1.29 is 18.0 Å². The Labute approximate surface area is 266 Å². The monoisotopic (exact) mass is 650 g/mol. The average molecular weight is 652 g/mol. The fraction of sp³-hybridized carbons (Fsp3) is 0.562. The van der Waals surface area contributed by atoms with E-state index in [1.165, 1.54) is 0 Å². The van der Waals surface area contributed by atoms with Gasteiger partial charge in [0.1, 0.15) is 0 Å². The molecule has 0 unspecified atom stereocenters. The molecule has 0 bridgehead atoms. The zero-order chi connectivity index (χ0) is 31.6. The zero-order valence-electron chi connectivity index (χ0n) is 25.7. The number of amides is 2. The number of piperidine rings is 1. The molecule has 2 amide bonds. The summed E-state index contributed by atoms with van der Waals surface area (Å²) < 4.78 is 28.3. The first-order valence-electron chi connectivity index (χ1n) is 14.9. The molecule has 1 aliphatic heterocycles. The molecule has 2 N–H and O–H groups in total. The summed E-state index contributed by atoms with van der Waals surface area (Å²) in [5.74, 6) is -0.580. The van der Waals surface area contributed by atoms with Crippen molar-refractivity contribution in [1.29, 1.82) is 0 Å². The molecule has 2 aliphatic rings. The maximum absolute atomic E-state index is 14.7. The van der Waals surface area contributed by atoms with Crippen molar-refractivity contribution in [2.75, 3.05) is 33.7 Å². The number of sulfonamides is 1. The normalized spacial score (nSPS) is 24.2. The summed E-state index contributed by atoms with van der Waals surface area (Å²) in [6.45, 7) is 6.80. The van der Waals surface area contributed by atoms with E-state index in [9.17, 15) is 18.0 Å². The van der Waals surface area contributed by atoms with Gasteiger partial charge in [-0.2, -0.15) is 0 Å². The van der Waals surface area contributed by atoms with E-state index < -0.39 is 32.3 Å². The molecule has 1 aliphatic carbocycles. The SMILES string of the molecule is CC[C@@H](CNS(=O)(=O)C1(C)CC1)N1C(=O)[C@@](C)(CC(=O)NCCN(C)C)C[C@H](c2cccc(Cl)c2)[C@H]1c1ccc(Cl)cc1. The predicted octanol–water partition coefficient (Wildman–Crippen LogP) is 5.38. The van der Waals surface area contributed by atoms with Gasteiger partial charge in [-0.25, -0.2) is 13.1 Å². The number of hydrogen-bond donors (Lipinski definition) is 2. The number of likely N-dealkylation sites (N-methyl/N-ethyl adjacent to an activating group) is 1. The predicted molar refractivity (Wildman–Crippen MR) is 173 cm³/mol. The second kappa shape index (κ2) is 13.4. The standard InChI is InChI=1S/C32H44Cl2N4O4S/c1-6-26(21-36-43(41,42)32(3)14-15-32)38-29(22-10-12-24(33)13-11-22)27(23-8-7-9-25(34)18-23)19-31(2,30(38)40)20-28(39)35-16-17-37(4)5/h7-13,18,26-27,29,36H,6,14-17,19-21H2,1-5H3,(H,35,39)/t26-,27+,29+,31+/m0/s1. The highest BCUT2D eigenvalue weighted by Crippen LogP contribution is 2.52. The Balaban J connectivity index is 1.78. The van der Waals surface area contributed by atoms with Gasteiger partial charge in [0.15, 0.2) is 0 Å². The van der Waals surface area contributed by atoms with Crippen molar-refractivity contribution in [3.05, 3.63) is 69.7 Å². The molecule has 11 heteroatoms. The highest BCUT2D eigenvalue weighted by Gasteiger charge is 2.53. The highest BCUT2D eigenvalue weighted by molar-refractivity contribution is 7.91. The smallest absolute Gasteiger partial charge is 0.229 e. The van der Waals surface area contributed by atoms with E-state index in [0.29, 0.717) is 48.8 Å². The summed E-state index contributed by atoms with van der Waals surface area (Å²) in [7, 11) is 0.308. The molecular weight excluding hydrogens is 607 g/mol. The lowest BCUT2D eigenvalue weighted by Gasteiger charge is -2.52. The van der Waals surface area contributed by atoms with Crippen LogP contribution in [0.4, 0.5) is 0 Å². The van der Waals surface area contributed by atoms with Gasteiger partial charge in [0.2, 0.25) is 21.8 Å². The van der Waals surface area contributed by atoms with Gasteiger partial charge in [0.25, 0.3) is 0 Å². The number of rotatable bonds is 13. The van der Waals surface area contributed by atoms with Gasteiger partial charge < -0.3 is 15.1 Å². The molecule has 0 aromatic heterocycles. The Bertz CT molecular complexity index is 1410. The lowest BCUT2D eigenvalue weighted by atomic mass is 9.67. The third-order valence-corrected chi connectivity index (χ3v) is 11.7. The van der Waals surface area contributed by atoms with Crippen LogP contribution in [0.2, 0.25) is 10.0 Å². The number of likely N-dealkylation sites (tertiary alicyclic amines) is 1. The molecule has 236 valence electrons. The molecule has 1 saturated carbocycles. The molecule has 8 nitrogen and oxygen atoms in total. The largest absolute Gasteiger partial charge is 0.355 e. The first kappa shape index (κ1) is 33.7. The Morgan fingerprint density at radius 3 is 2.33 bits per heavy atom. The van der Waals surface area contributed by atoms with Crippen molar-refractivity contribution in [2.45, 2.75) is 75.6 Å². The van der Waals surface area contributed by atoms with Gasteiger partial charge >= 0.3 is 0 Å². The molecule has 0 radical (unpaired) electrons. The van der Waals surface area contributed by atoms with Gasteiger partial charge in [0, 0.05) is 48.1 Å². The number of carbonyl (C=O) groups is 2.